The largest absolute Gasteiger partial charge is 0.480 e. The van der Waals surface area contributed by atoms with Crippen molar-refractivity contribution >= 4 is 17.8 Å². The Morgan fingerprint density at radius 2 is 2.11 bits per heavy atom. The molecule has 1 heterocycles. The molecule has 2 N–H and O–H groups in total. The molecule has 1 saturated heterocycles. The molecule has 0 aromatic carbocycles. The first-order valence-corrected chi connectivity index (χ1v) is 6.30. The summed E-state index contributed by atoms with van der Waals surface area (Å²) in [7, 11) is 0. The van der Waals surface area contributed by atoms with E-state index in [4.69, 9.17) is 5.11 Å². The highest BCUT2D eigenvalue weighted by atomic mass is 16.4. The van der Waals surface area contributed by atoms with Crippen LogP contribution in [0.3, 0.4) is 0 Å². The molecule has 0 aliphatic carbocycles. The average molecular weight is 256 g/mol. The maximum Gasteiger partial charge on any atom is 0.325 e. The summed E-state index contributed by atoms with van der Waals surface area (Å²) in [4.78, 5) is 36.0. The van der Waals surface area contributed by atoms with Crippen LogP contribution in [-0.2, 0) is 14.4 Å². The number of amides is 2. The van der Waals surface area contributed by atoms with Gasteiger partial charge in [0.1, 0.15) is 12.1 Å². The summed E-state index contributed by atoms with van der Waals surface area (Å²) in [5.74, 6) is -1.47. The second-order valence-corrected chi connectivity index (χ2v) is 4.56. The Morgan fingerprint density at radius 1 is 1.44 bits per heavy atom. The number of hydrogen-bond acceptors (Lipinski definition) is 3. The third-order valence-corrected chi connectivity index (χ3v) is 3.07. The molecule has 0 bridgehead atoms. The van der Waals surface area contributed by atoms with Crippen LogP contribution in [-0.4, -0.2) is 46.4 Å². The van der Waals surface area contributed by atoms with Crippen LogP contribution in [0.15, 0.2) is 0 Å². The Hall–Kier alpha value is -1.59. The van der Waals surface area contributed by atoms with E-state index in [0.29, 0.717) is 19.4 Å². The molecule has 0 radical (unpaired) electrons. The van der Waals surface area contributed by atoms with E-state index in [1.165, 1.54) is 6.92 Å². The van der Waals surface area contributed by atoms with Crippen LogP contribution >= 0.6 is 0 Å². The van der Waals surface area contributed by atoms with Crippen LogP contribution in [0.1, 0.15) is 39.5 Å². The molecule has 1 rings (SSSR count). The number of likely N-dealkylation sites (tertiary alicyclic amines) is 1. The van der Waals surface area contributed by atoms with Gasteiger partial charge in [0.25, 0.3) is 0 Å². The lowest BCUT2D eigenvalue weighted by molar-refractivity contribution is -0.143. The van der Waals surface area contributed by atoms with E-state index >= 15 is 0 Å². The van der Waals surface area contributed by atoms with Gasteiger partial charge in [-0.2, -0.15) is 0 Å². The summed E-state index contributed by atoms with van der Waals surface area (Å²) < 4.78 is 0. The van der Waals surface area contributed by atoms with Crippen LogP contribution < -0.4 is 5.32 Å². The molecule has 0 spiro atoms. The van der Waals surface area contributed by atoms with Crippen LogP contribution in [0.25, 0.3) is 0 Å². The molecule has 6 heteroatoms. The second kappa shape index (κ2) is 6.37. The number of rotatable bonds is 5. The van der Waals surface area contributed by atoms with Crippen molar-refractivity contribution in [2.45, 2.75) is 51.6 Å². The minimum Gasteiger partial charge on any atom is -0.480 e. The molecule has 1 aliphatic rings. The maximum atomic E-state index is 11.9. The van der Waals surface area contributed by atoms with Gasteiger partial charge in [0, 0.05) is 13.0 Å². The Balaban J connectivity index is 2.61. The van der Waals surface area contributed by atoms with E-state index in [-0.39, 0.29) is 11.8 Å². The Morgan fingerprint density at radius 3 is 2.67 bits per heavy atom. The zero-order chi connectivity index (χ0) is 13.7. The summed E-state index contributed by atoms with van der Waals surface area (Å²) in [5, 5.41) is 11.2. The number of hydrogen-bond donors (Lipinski definition) is 2. The van der Waals surface area contributed by atoms with Gasteiger partial charge < -0.3 is 15.3 Å². The van der Waals surface area contributed by atoms with E-state index in [0.717, 1.165) is 12.8 Å². The summed E-state index contributed by atoms with van der Waals surface area (Å²) in [6, 6.07) is -1.44. The van der Waals surface area contributed by atoms with Gasteiger partial charge in [0.05, 0.1) is 0 Å². The fourth-order valence-electron chi connectivity index (χ4n) is 2.07. The fraction of sp³-hybridized carbons (Fsp3) is 0.750. The maximum absolute atomic E-state index is 11.9. The lowest BCUT2D eigenvalue weighted by Crippen LogP contribution is -2.49. The molecule has 18 heavy (non-hydrogen) atoms. The van der Waals surface area contributed by atoms with Gasteiger partial charge in [0.2, 0.25) is 11.8 Å². The molecule has 0 aromatic heterocycles. The van der Waals surface area contributed by atoms with Crippen molar-refractivity contribution in [2.24, 2.45) is 0 Å². The molecular formula is C12H20N2O4. The van der Waals surface area contributed by atoms with Crippen molar-refractivity contribution in [3.05, 3.63) is 0 Å². The van der Waals surface area contributed by atoms with Gasteiger partial charge in [-0.3, -0.25) is 14.4 Å². The number of nitrogens with zero attached hydrogens (tertiary/aromatic N) is 1. The third kappa shape index (κ3) is 3.45. The molecular weight excluding hydrogens is 236 g/mol. The standard InChI is InChI=1S/C12H20N2O4/c1-3-5-10(15)14-7-4-6-9(14)11(16)13-8(2)12(17)18/h8-9H,3-7H2,1-2H3,(H,13,16)(H,17,18)/t8-,9?/m1/s1. The fourth-order valence-corrected chi connectivity index (χ4v) is 2.07. The third-order valence-electron chi connectivity index (χ3n) is 3.07. The van der Waals surface area contributed by atoms with Crippen molar-refractivity contribution in [3.63, 3.8) is 0 Å². The average Bonchev–Trinajstić information content (AvgIpc) is 2.77. The molecule has 102 valence electrons. The summed E-state index contributed by atoms with van der Waals surface area (Å²) >= 11 is 0. The first-order valence-electron chi connectivity index (χ1n) is 6.30. The minimum atomic E-state index is -1.08. The lowest BCUT2D eigenvalue weighted by Gasteiger charge is -2.24. The molecule has 1 unspecified atom stereocenters. The van der Waals surface area contributed by atoms with Gasteiger partial charge in [0.15, 0.2) is 0 Å². The lowest BCUT2D eigenvalue weighted by atomic mass is 10.2. The topological polar surface area (TPSA) is 86.7 Å². The Labute approximate surface area is 106 Å². The highest BCUT2D eigenvalue weighted by Crippen LogP contribution is 2.19. The predicted molar refractivity (Wildman–Crippen MR) is 64.9 cm³/mol. The van der Waals surface area contributed by atoms with Crippen molar-refractivity contribution in [2.75, 3.05) is 6.54 Å². The quantitative estimate of drug-likeness (QED) is 0.744. The first kappa shape index (κ1) is 14.5. The minimum absolute atomic E-state index is 0.0295. The molecule has 6 nitrogen and oxygen atoms in total. The second-order valence-electron chi connectivity index (χ2n) is 4.56. The number of carbonyl (C=O) groups is 3. The summed E-state index contributed by atoms with van der Waals surface area (Å²) in [5.41, 5.74) is 0. The van der Waals surface area contributed by atoms with Crippen LogP contribution in [0.5, 0.6) is 0 Å². The molecule has 1 aliphatic heterocycles. The van der Waals surface area contributed by atoms with Gasteiger partial charge in [-0.15, -0.1) is 0 Å². The van der Waals surface area contributed by atoms with Gasteiger partial charge >= 0.3 is 5.97 Å². The number of carboxylic acid groups (broad SMARTS) is 1. The van der Waals surface area contributed by atoms with E-state index in [1.807, 2.05) is 6.92 Å². The highest BCUT2D eigenvalue weighted by molar-refractivity contribution is 5.90. The molecule has 1 fully saturated rings. The number of aliphatic carboxylic acids is 1. The van der Waals surface area contributed by atoms with Gasteiger partial charge in [-0.05, 0) is 26.2 Å². The monoisotopic (exact) mass is 256 g/mol. The van der Waals surface area contributed by atoms with E-state index in [2.05, 4.69) is 5.32 Å². The smallest absolute Gasteiger partial charge is 0.325 e. The number of nitrogens with one attached hydrogen (secondary N) is 1. The molecule has 0 saturated carbocycles. The van der Waals surface area contributed by atoms with Crippen molar-refractivity contribution < 1.29 is 19.5 Å². The van der Waals surface area contributed by atoms with Crippen LogP contribution in [0, 0.1) is 0 Å². The molecule has 2 amide bonds. The summed E-state index contributed by atoms with van der Waals surface area (Å²) in [6.45, 7) is 3.90. The SMILES string of the molecule is CCCC(=O)N1CCCC1C(=O)N[C@H](C)C(=O)O. The van der Waals surface area contributed by atoms with Crippen molar-refractivity contribution in [1.29, 1.82) is 0 Å². The normalized spacial score (nSPS) is 20.6. The highest BCUT2D eigenvalue weighted by Gasteiger charge is 2.34. The van der Waals surface area contributed by atoms with E-state index in [1.54, 1.807) is 4.90 Å². The Kier molecular flexibility index (Phi) is 5.12. The van der Waals surface area contributed by atoms with Crippen LogP contribution in [0.4, 0.5) is 0 Å². The first-order chi connectivity index (χ1) is 8.47. The van der Waals surface area contributed by atoms with Gasteiger partial charge in [-0.25, -0.2) is 0 Å². The van der Waals surface area contributed by atoms with Crippen molar-refractivity contribution in [3.8, 4) is 0 Å². The predicted octanol–water partition coefficient (Wildman–Crippen LogP) is 0.367. The number of carbonyl (C=O) groups excluding carboxylic acids is 2. The number of carboxylic acids is 1. The molecule has 0 aromatic rings. The zero-order valence-corrected chi connectivity index (χ0v) is 10.8. The molecule has 2 atom stereocenters. The Bertz CT molecular complexity index is 343. The zero-order valence-electron chi connectivity index (χ0n) is 10.8. The van der Waals surface area contributed by atoms with Crippen molar-refractivity contribution in [1.82, 2.24) is 10.2 Å². The van der Waals surface area contributed by atoms with Gasteiger partial charge in [-0.1, -0.05) is 6.92 Å². The van der Waals surface area contributed by atoms with Crippen LogP contribution in [0.2, 0.25) is 0 Å². The summed E-state index contributed by atoms with van der Waals surface area (Å²) in [6.07, 6.45) is 2.57. The van der Waals surface area contributed by atoms with E-state index < -0.39 is 18.1 Å². The van der Waals surface area contributed by atoms with E-state index in [9.17, 15) is 14.4 Å².